The van der Waals surface area contributed by atoms with Crippen LogP contribution in [0.3, 0.4) is 0 Å². The minimum atomic E-state index is -0.928. The van der Waals surface area contributed by atoms with Gasteiger partial charge in [-0.15, -0.1) is 0 Å². The second-order valence-electron chi connectivity index (χ2n) is 7.43. The average molecular weight is 406 g/mol. The van der Waals surface area contributed by atoms with Gasteiger partial charge in [-0.05, 0) is 36.6 Å². The lowest BCUT2D eigenvalue weighted by molar-refractivity contribution is -0.156. The highest BCUT2D eigenvalue weighted by molar-refractivity contribution is 5.84. The maximum Gasteiger partial charge on any atom is 0.309 e. The van der Waals surface area contributed by atoms with Crippen molar-refractivity contribution in [3.8, 4) is 0 Å². The molecule has 0 aromatic heterocycles. The van der Waals surface area contributed by atoms with Crippen molar-refractivity contribution >= 4 is 23.9 Å². The molecule has 0 saturated carbocycles. The third-order valence-corrected chi connectivity index (χ3v) is 5.09. The number of rotatable bonds is 6. The van der Waals surface area contributed by atoms with Crippen molar-refractivity contribution < 1.29 is 19.1 Å². The Bertz CT molecular complexity index is 965. The zero-order valence-corrected chi connectivity index (χ0v) is 17.4. The van der Waals surface area contributed by atoms with Crippen LogP contribution in [0.1, 0.15) is 48.6 Å². The van der Waals surface area contributed by atoms with Crippen LogP contribution >= 0.6 is 0 Å². The number of carbonyl (C=O) groups excluding carboxylic acids is 3. The molecule has 1 aliphatic rings. The standard InChI is InChI=1S/C24H26N2O4/c1-16-8-10-19(11-9-16)15-25-24(29)17(2)30-23(28)14-22-21-7-5-4-6-20(21)12-13-26(22)18(3)27/h4-13,17,22H,14-15H2,1-3H3,(H,25,29)/t17-,22-/m1/s1. The summed E-state index contributed by atoms with van der Waals surface area (Å²) in [4.78, 5) is 38.4. The Morgan fingerprint density at radius 3 is 2.50 bits per heavy atom. The first kappa shape index (κ1) is 21.3. The van der Waals surface area contributed by atoms with Crippen molar-refractivity contribution in [1.29, 1.82) is 0 Å². The van der Waals surface area contributed by atoms with E-state index in [2.05, 4.69) is 5.32 Å². The molecule has 6 nitrogen and oxygen atoms in total. The van der Waals surface area contributed by atoms with Crippen molar-refractivity contribution in [3.05, 3.63) is 77.0 Å². The second-order valence-corrected chi connectivity index (χ2v) is 7.43. The smallest absolute Gasteiger partial charge is 0.309 e. The summed E-state index contributed by atoms with van der Waals surface area (Å²) in [5, 5.41) is 2.78. The minimum Gasteiger partial charge on any atom is -0.452 e. The summed E-state index contributed by atoms with van der Waals surface area (Å²) in [5.74, 6) is -1.06. The van der Waals surface area contributed by atoms with Crippen molar-refractivity contribution in [3.63, 3.8) is 0 Å². The van der Waals surface area contributed by atoms with Gasteiger partial charge in [-0.1, -0.05) is 54.1 Å². The summed E-state index contributed by atoms with van der Waals surface area (Å²) in [6.07, 6.45) is 2.57. The molecule has 6 heteroatoms. The van der Waals surface area contributed by atoms with E-state index in [9.17, 15) is 14.4 Å². The van der Waals surface area contributed by atoms with Gasteiger partial charge in [0.2, 0.25) is 5.91 Å². The van der Waals surface area contributed by atoms with Crippen LogP contribution in [0.15, 0.2) is 54.7 Å². The van der Waals surface area contributed by atoms with E-state index in [-0.39, 0.29) is 18.2 Å². The van der Waals surface area contributed by atoms with E-state index in [0.29, 0.717) is 6.54 Å². The van der Waals surface area contributed by atoms with Gasteiger partial charge >= 0.3 is 5.97 Å². The van der Waals surface area contributed by atoms with Crippen LogP contribution in [0.2, 0.25) is 0 Å². The van der Waals surface area contributed by atoms with Gasteiger partial charge < -0.3 is 15.0 Å². The van der Waals surface area contributed by atoms with Crippen LogP contribution < -0.4 is 5.32 Å². The lowest BCUT2D eigenvalue weighted by atomic mass is 9.94. The molecule has 2 aromatic carbocycles. The average Bonchev–Trinajstić information content (AvgIpc) is 2.73. The third-order valence-electron chi connectivity index (χ3n) is 5.09. The topological polar surface area (TPSA) is 75.7 Å². The number of fused-ring (bicyclic) bond motifs is 1. The van der Waals surface area contributed by atoms with E-state index in [1.807, 2.05) is 61.5 Å². The Balaban J connectivity index is 1.59. The van der Waals surface area contributed by atoms with Gasteiger partial charge in [0.15, 0.2) is 6.10 Å². The Morgan fingerprint density at radius 2 is 1.80 bits per heavy atom. The molecule has 1 aliphatic heterocycles. The van der Waals surface area contributed by atoms with E-state index >= 15 is 0 Å². The number of hydrogen-bond acceptors (Lipinski definition) is 4. The van der Waals surface area contributed by atoms with Gasteiger partial charge in [-0.3, -0.25) is 14.4 Å². The SMILES string of the molecule is CC(=O)N1C=Cc2ccccc2[C@H]1CC(=O)O[C@H](C)C(=O)NCc1ccc(C)cc1. The van der Waals surface area contributed by atoms with Gasteiger partial charge in [0, 0.05) is 19.7 Å². The first-order valence-corrected chi connectivity index (χ1v) is 9.94. The van der Waals surface area contributed by atoms with Crippen LogP contribution in [-0.4, -0.2) is 28.8 Å². The Hall–Kier alpha value is -3.41. The highest BCUT2D eigenvalue weighted by Gasteiger charge is 2.30. The molecule has 30 heavy (non-hydrogen) atoms. The van der Waals surface area contributed by atoms with E-state index in [1.54, 1.807) is 13.1 Å². The van der Waals surface area contributed by atoms with Crippen molar-refractivity contribution in [1.82, 2.24) is 10.2 Å². The van der Waals surface area contributed by atoms with Gasteiger partial charge in [-0.2, -0.15) is 0 Å². The molecule has 1 N–H and O–H groups in total. The monoisotopic (exact) mass is 406 g/mol. The van der Waals surface area contributed by atoms with Gasteiger partial charge in [-0.25, -0.2) is 0 Å². The summed E-state index contributed by atoms with van der Waals surface area (Å²) < 4.78 is 5.35. The maximum atomic E-state index is 12.6. The highest BCUT2D eigenvalue weighted by Crippen LogP contribution is 2.33. The molecule has 2 atom stereocenters. The number of carbonyl (C=O) groups is 3. The van der Waals surface area contributed by atoms with Gasteiger partial charge in [0.1, 0.15) is 0 Å². The molecule has 0 spiro atoms. The molecular weight excluding hydrogens is 380 g/mol. The quantitative estimate of drug-likeness (QED) is 0.745. The molecule has 0 bridgehead atoms. The second kappa shape index (κ2) is 9.39. The van der Waals surface area contributed by atoms with Gasteiger partial charge in [0.25, 0.3) is 5.91 Å². The fourth-order valence-electron chi connectivity index (χ4n) is 3.41. The van der Waals surface area contributed by atoms with Crippen LogP contribution in [-0.2, 0) is 25.7 Å². The molecule has 2 amide bonds. The summed E-state index contributed by atoms with van der Waals surface area (Å²) in [6.45, 7) is 5.36. The lowest BCUT2D eigenvalue weighted by Crippen LogP contribution is -2.37. The van der Waals surface area contributed by atoms with Crippen LogP contribution in [0.4, 0.5) is 0 Å². The summed E-state index contributed by atoms with van der Waals surface area (Å²) in [7, 11) is 0. The number of ether oxygens (including phenoxy) is 1. The molecule has 0 radical (unpaired) electrons. The zero-order chi connectivity index (χ0) is 21.7. The minimum absolute atomic E-state index is 0.0312. The molecule has 1 heterocycles. The predicted octanol–water partition coefficient (Wildman–Crippen LogP) is 3.51. The molecule has 0 aliphatic carbocycles. The van der Waals surface area contributed by atoms with Crippen molar-refractivity contribution in [2.75, 3.05) is 0 Å². The zero-order valence-electron chi connectivity index (χ0n) is 17.4. The number of amides is 2. The predicted molar refractivity (Wildman–Crippen MR) is 114 cm³/mol. The van der Waals surface area contributed by atoms with E-state index in [1.165, 1.54) is 11.8 Å². The molecule has 0 unspecified atom stereocenters. The van der Waals surface area contributed by atoms with Crippen LogP contribution in [0.5, 0.6) is 0 Å². The van der Waals surface area contributed by atoms with E-state index in [4.69, 9.17) is 4.74 Å². The number of hydrogen-bond donors (Lipinski definition) is 1. The fourth-order valence-corrected chi connectivity index (χ4v) is 3.41. The molecule has 156 valence electrons. The summed E-state index contributed by atoms with van der Waals surface area (Å²) >= 11 is 0. The molecule has 0 fully saturated rings. The lowest BCUT2D eigenvalue weighted by Gasteiger charge is -2.32. The summed E-state index contributed by atoms with van der Waals surface area (Å²) in [5.41, 5.74) is 3.95. The molecular formula is C24H26N2O4. The molecule has 2 aromatic rings. The Morgan fingerprint density at radius 1 is 1.10 bits per heavy atom. The first-order valence-electron chi connectivity index (χ1n) is 9.94. The highest BCUT2D eigenvalue weighted by atomic mass is 16.5. The first-order chi connectivity index (χ1) is 14.3. The van der Waals surface area contributed by atoms with Crippen LogP contribution in [0.25, 0.3) is 6.08 Å². The van der Waals surface area contributed by atoms with Gasteiger partial charge in [0.05, 0.1) is 12.5 Å². The molecule has 0 saturated heterocycles. The van der Waals surface area contributed by atoms with Crippen molar-refractivity contribution in [2.24, 2.45) is 0 Å². The third kappa shape index (κ3) is 5.14. The maximum absolute atomic E-state index is 12.6. The Labute approximate surface area is 176 Å². The van der Waals surface area contributed by atoms with Crippen LogP contribution in [0, 0.1) is 6.92 Å². The number of aryl methyl sites for hydroxylation is 1. The van der Waals surface area contributed by atoms with E-state index < -0.39 is 18.1 Å². The number of nitrogens with one attached hydrogen (secondary N) is 1. The number of esters is 1. The Kier molecular flexibility index (Phi) is 6.67. The summed E-state index contributed by atoms with van der Waals surface area (Å²) in [6, 6.07) is 15.0. The normalized spacial score (nSPS) is 15.8. The molecule has 3 rings (SSSR count). The fraction of sp³-hybridized carbons (Fsp3) is 0.292. The van der Waals surface area contributed by atoms with E-state index in [0.717, 1.165) is 22.3 Å². The van der Waals surface area contributed by atoms with Crippen molar-refractivity contribution in [2.45, 2.75) is 45.9 Å². The largest absolute Gasteiger partial charge is 0.452 e. The number of benzene rings is 2. The number of nitrogens with zero attached hydrogens (tertiary/aromatic N) is 1.